The zero-order valence-electron chi connectivity index (χ0n) is 20.6. The summed E-state index contributed by atoms with van der Waals surface area (Å²) in [6, 6.07) is 5.87. The number of amides is 1. The average molecular weight is 538 g/mol. The fraction of sp³-hybridized carbons (Fsp3) is 0.478. The van der Waals surface area contributed by atoms with Crippen LogP contribution in [0.15, 0.2) is 29.4 Å². The van der Waals surface area contributed by atoms with Gasteiger partial charge in [0.15, 0.2) is 17.7 Å². The lowest BCUT2D eigenvalue weighted by Gasteiger charge is -2.31. The molecule has 2 unspecified atom stereocenters. The van der Waals surface area contributed by atoms with E-state index in [4.69, 9.17) is 19.0 Å². The van der Waals surface area contributed by atoms with Crippen LogP contribution in [0.3, 0.4) is 0 Å². The molecule has 2 aromatic rings. The molecule has 1 amide bonds. The summed E-state index contributed by atoms with van der Waals surface area (Å²) in [5.41, 5.74) is 1.81. The van der Waals surface area contributed by atoms with Crippen molar-refractivity contribution >= 4 is 21.6 Å². The Bertz CT molecular complexity index is 1280. The van der Waals surface area contributed by atoms with Gasteiger partial charge in [-0.3, -0.25) is 4.79 Å². The smallest absolute Gasteiger partial charge is 0.270 e. The van der Waals surface area contributed by atoms with Gasteiger partial charge in [0.25, 0.3) is 5.91 Å². The van der Waals surface area contributed by atoms with Gasteiger partial charge in [0.1, 0.15) is 23.3 Å². The second-order valence-corrected chi connectivity index (χ2v) is 10.5. The third-order valence-corrected chi connectivity index (χ3v) is 6.40. The summed E-state index contributed by atoms with van der Waals surface area (Å²) in [5.74, 6) is -0.436. The molecule has 0 bridgehead atoms. The average Bonchev–Trinajstić information content (AvgIpc) is 3.37. The molecule has 200 valence electrons. The number of oxime groups is 1. The highest BCUT2D eigenvalue weighted by atomic mass is 32.2. The summed E-state index contributed by atoms with van der Waals surface area (Å²) in [4.78, 5) is 26.9. The molecule has 2 aliphatic rings. The van der Waals surface area contributed by atoms with Crippen molar-refractivity contribution in [2.75, 3.05) is 33.1 Å². The van der Waals surface area contributed by atoms with Gasteiger partial charge < -0.3 is 24.4 Å². The highest BCUT2D eigenvalue weighted by Gasteiger charge is 2.35. The summed E-state index contributed by atoms with van der Waals surface area (Å²) in [7, 11) is -1.94. The number of benzene rings is 1. The van der Waals surface area contributed by atoms with Crippen molar-refractivity contribution < 1.29 is 36.7 Å². The Morgan fingerprint density at radius 2 is 2.00 bits per heavy atom. The van der Waals surface area contributed by atoms with Gasteiger partial charge in [-0.2, -0.15) is 0 Å². The van der Waals surface area contributed by atoms with Gasteiger partial charge in [0.05, 0.1) is 38.4 Å². The van der Waals surface area contributed by atoms with Gasteiger partial charge in [-0.05, 0) is 30.7 Å². The number of aryl methyl sites for hydroxylation is 1. The zero-order valence-corrected chi connectivity index (χ0v) is 21.4. The molecule has 1 saturated heterocycles. The van der Waals surface area contributed by atoms with Crippen molar-refractivity contribution in [1.82, 2.24) is 20.0 Å². The number of carbonyl (C=O) groups excluding carboxylic acids is 1. The minimum absolute atomic E-state index is 0.0918. The van der Waals surface area contributed by atoms with Crippen molar-refractivity contribution in [1.29, 1.82) is 0 Å². The van der Waals surface area contributed by atoms with Crippen LogP contribution in [-0.2, 0) is 30.9 Å². The number of rotatable bonds is 9. The summed E-state index contributed by atoms with van der Waals surface area (Å²) < 4.78 is 55.0. The van der Waals surface area contributed by atoms with Crippen LogP contribution in [0.25, 0.3) is 0 Å². The van der Waals surface area contributed by atoms with Crippen LogP contribution in [0.2, 0.25) is 0 Å². The van der Waals surface area contributed by atoms with E-state index in [0.717, 1.165) is 6.26 Å². The Labute approximate surface area is 213 Å². The van der Waals surface area contributed by atoms with Crippen LogP contribution >= 0.6 is 0 Å². The first kappa shape index (κ1) is 26.9. The highest BCUT2D eigenvalue weighted by Crippen LogP contribution is 2.23. The molecule has 2 aliphatic heterocycles. The van der Waals surface area contributed by atoms with Gasteiger partial charge in [-0.15, -0.1) is 0 Å². The van der Waals surface area contributed by atoms with E-state index in [2.05, 4.69) is 25.2 Å². The van der Waals surface area contributed by atoms with E-state index in [0.29, 0.717) is 29.2 Å². The molecule has 2 N–H and O–H groups in total. The van der Waals surface area contributed by atoms with Crippen LogP contribution in [0.1, 0.15) is 34.0 Å². The third kappa shape index (κ3) is 7.19. The van der Waals surface area contributed by atoms with Crippen LogP contribution < -0.4 is 14.8 Å². The number of sulfonamides is 1. The van der Waals surface area contributed by atoms with Crippen molar-refractivity contribution in [3.8, 4) is 5.75 Å². The number of methoxy groups -OCH3 is 1. The fourth-order valence-corrected chi connectivity index (χ4v) is 4.29. The van der Waals surface area contributed by atoms with Crippen LogP contribution in [0, 0.1) is 12.7 Å². The van der Waals surface area contributed by atoms with Crippen molar-refractivity contribution in [2.45, 2.75) is 38.2 Å². The molecular formula is C23H28FN5O7S. The van der Waals surface area contributed by atoms with Crippen molar-refractivity contribution in [2.24, 2.45) is 5.16 Å². The maximum Gasteiger partial charge on any atom is 0.270 e. The number of ether oxygens (including phenoxy) is 3. The maximum atomic E-state index is 13.6. The molecular weight excluding hydrogens is 509 g/mol. The lowest BCUT2D eigenvalue weighted by Crippen LogP contribution is -2.46. The first-order valence-electron chi connectivity index (χ1n) is 11.5. The lowest BCUT2D eigenvalue weighted by molar-refractivity contribution is -0.168. The molecule has 0 radical (unpaired) electrons. The Kier molecular flexibility index (Phi) is 8.32. The topological polar surface area (TPSA) is 150 Å². The first-order valence-corrected chi connectivity index (χ1v) is 13.4. The molecule has 12 nitrogen and oxygen atoms in total. The Hall–Kier alpha value is -3.20. The molecule has 3 heterocycles. The van der Waals surface area contributed by atoms with E-state index in [1.807, 2.05) is 0 Å². The normalized spacial score (nSPS) is 21.7. The zero-order chi connectivity index (χ0) is 26.6. The highest BCUT2D eigenvalue weighted by molar-refractivity contribution is 7.88. The van der Waals surface area contributed by atoms with Gasteiger partial charge in [-0.25, -0.2) is 27.5 Å². The summed E-state index contributed by atoms with van der Waals surface area (Å²) >= 11 is 0. The molecule has 14 heteroatoms. The largest absolute Gasteiger partial charge is 0.494 e. The minimum atomic E-state index is -3.31. The predicted molar refractivity (Wildman–Crippen MR) is 129 cm³/mol. The number of hydrogen-bond acceptors (Lipinski definition) is 10. The number of carbonyl (C=O) groups is 1. The quantitative estimate of drug-likeness (QED) is 0.471. The standard InChI is InChI=1S/C23H28FN5O7S/c1-13-27-17(7-19(28-13)23(30)25-9-14-4-5-16(24)20(6-14)33-2)18-8-21(36-29-18)22-12-34-15(11-35-22)10-26-37(3,31)32/h4-7,15,21-22,26H,8-12H2,1-3H3,(H,25,30)/t15-,21?,22?/m1/s1. The lowest BCUT2D eigenvalue weighted by atomic mass is 10.0. The fourth-order valence-electron chi connectivity index (χ4n) is 3.80. The summed E-state index contributed by atoms with van der Waals surface area (Å²) in [6.07, 6.45) is 0.258. The number of hydrogen-bond donors (Lipinski definition) is 2. The van der Waals surface area contributed by atoms with E-state index in [-0.39, 0.29) is 37.7 Å². The van der Waals surface area contributed by atoms with Crippen molar-refractivity contribution in [3.63, 3.8) is 0 Å². The van der Waals surface area contributed by atoms with Crippen LogP contribution in [-0.4, -0.2) is 81.4 Å². The Morgan fingerprint density at radius 1 is 1.19 bits per heavy atom. The minimum Gasteiger partial charge on any atom is -0.494 e. The van der Waals surface area contributed by atoms with Gasteiger partial charge >= 0.3 is 0 Å². The number of nitrogens with one attached hydrogen (secondary N) is 2. The van der Waals surface area contributed by atoms with E-state index in [1.54, 1.807) is 13.0 Å². The Morgan fingerprint density at radius 3 is 2.70 bits per heavy atom. The molecule has 1 fully saturated rings. The third-order valence-electron chi connectivity index (χ3n) is 5.71. The predicted octanol–water partition coefficient (Wildman–Crippen LogP) is 0.689. The molecule has 37 heavy (non-hydrogen) atoms. The molecule has 3 atom stereocenters. The van der Waals surface area contributed by atoms with Gasteiger partial charge in [-0.1, -0.05) is 11.2 Å². The van der Waals surface area contributed by atoms with Crippen LogP contribution in [0.4, 0.5) is 4.39 Å². The van der Waals surface area contributed by atoms with Gasteiger partial charge in [0, 0.05) is 19.5 Å². The summed E-state index contributed by atoms with van der Waals surface area (Å²) in [6.45, 7) is 2.37. The molecule has 0 saturated carbocycles. The Balaban J connectivity index is 1.33. The molecule has 4 rings (SSSR count). The SMILES string of the molecule is COc1cc(CNC(=O)c2cc(C3=NOC(C4CO[C@H](CNS(C)(=O)=O)CO4)C3)nc(C)n2)ccc1F. The van der Waals surface area contributed by atoms with E-state index < -0.39 is 40.1 Å². The molecule has 1 aromatic carbocycles. The molecule has 1 aromatic heterocycles. The second-order valence-electron chi connectivity index (χ2n) is 8.67. The van der Waals surface area contributed by atoms with Crippen LogP contribution in [0.5, 0.6) is 5.75 Å². The number of nitrogens with zero attached hydrogens (tertiary/aromatic N) is 3. The maximum absolute atomic E-state index is 13.6. The van der Waals surface area contributed by atoms with Gasteiger partial charge in [0.2, 0.25) is 10.0 Å². The number of halogens is 1. The molecule has 0 spiro atoms. The summed E-state index contributed by atoms with van der Waals surface area (Å²) in [5, 5.41) is 6.89. The monoisotopic (exact) mass is 537 g/mol. The van der Waals surface area contributed by atoms with E-state index >= 15 is 0 Å². The van der Waals surface area contributed by atoms with E-state index in [9.17, 15) is 17.6 Å². The molecule has 0 aliphatic carbocycles. The van der Waals surface area contributed by atoms with Crippen molar-refractivity contribution in [3.05, 3.63) is 52.9 Å². The number of aromatic nitrogens is 2. The first-order chi connectivity index (χ1) is 17.6. The van der Waals surface area contributed by atoms with E-state index in [1.165, 1.54) is 25.3 Å². The second kappa shape index (κ2) is 11.5.